The van der Waals surface area contributed by atoms with Gasteiger partial charge in [0.05, 0.1) is 33.7 Å². The number of non-ortho nitro benzene ring substituents is 1. The van der Waals surface area contributed by atoms with Crippen molar-refractivity contribution in [2.75, 3.05) is 11.6 Å². The summed E-state index contributed by atoms with van der Waals surface area (Å²) in [5, 5.41) is 29.5. The molecule has 32 heavy (non-hydrogen) atoms. The molecule has 1 aromatic heterocycles. The second-order valence-corrected chi connectivity index (χ2v) is 7.94. The second-order valence-electron chi connectivity index (χ2n) is 6.99. The van der Waals surface area contributed by atoms with E-state index < -0.39 is 22.3 Å². The van der Waals surface area contributed by atoms with Gasteiger partial charge in [-0.2, -0.15) is 10.4 Å². The van der Waals surface area contributed by atoms with E-state index in [4.69, 9.17) is 9.84 Å². The van der Waals surface area contributed by atoms with Crippen LogP contribution in [-0.2, 0) is 9.53 Å². The fourth-order valence-electron chi connectivity index (χ4n) is 3.80. The Labute approximate surface area is 188 Å². The number of hydrogen-bond acceptors (Lipinski definition) is 8. The molecule has 0 saturated heterocycles. The number of carbonyl (C=O) groups is 1. The average Bonchev–Trinajstić information content (AvgIpc) is 3.46. The first-order valence-corrected chi connectivity index (χ1v) is 10.7. The molecule has 0 bridgehead atoms. The summed E-state index contributed by atoms with van der Waals surface area (Å²) in [5.74, 6) is -1.47. The van der Waals surface area contributed by atoms with Crippen molar-refractivity contribution in [3.63, 3.8) is 0 Å². The lowest BCUT2D eigenvalue weighted by molar-refractivity contribution is -0.384. The van der Waals surface area contributed by atoms with Gasteiger partial charge in [0.2, 0.25) is 0 Å². The third kappa shape index (κ3) is 3.40. The molecule has 0 unspecified atom stereocenters. The number of hydrazone groups is 1. The summed E-state index contributed by atoms with van der Waals surface area (Å²) >= 11 is 1.45. The third-order valence-electron chi connectivity index (χ3n) is 5.20. The van der Waals surface area contributed by atoms with Gasteiger partial charge in [-0.25, -0.2) is 9.80 Å². The molecule has 3 aromatic rings. The predicted molar refractivity (Wildman–Crippen MR) is 121 cm³/mol. The maximum absolute atomic E-state index is 13.4. The van der Waals surface area contributed by atoms with E-state index in [1.54, 1.807) is 6.92 Å². The highest BCUT2D eigenvalue weighted by atomic mass is 32.1. The average molecular weight is 446 g/mol. The molecular formula is C23H18N4O4S. The Balaban J connectivity index is 1.96. The van der Waals surface area contributed by atoms with E-state index in [1.165, 1.54) is 40.6 Å². The number of rotatable bonds is 6. The van der Waals surface area contributed by atoms with Crippen LogP contribution in [-0.4, -0.2) is 28.8 Å². The molecule has 2 aromatic carbocycles. The van der Waals surface area contributed by atoms with E-state index >= 15 is 0 Å². The van der Waals surface area contributed by atoms with Crippen LogP contribution < -0.4 is 5.01 Å². The van der Waals surface area contributed by atoms with Gasteiger partial charge in [-0.15, -0.1) is 11.3 Å². The summed E-state index contributed by atoms with van der Waals surface area (Å²) in [5.41, 5.74) is -0.267. The number of hydrogen-bond donors (Lipinski definition) is 0. The fraction of sp³-hybridized carbons (Fsp3) is 0.174. The summed E-state index contributed by atoms with van der Waals surface area (Å²) < 4.78 is 5.37. The molecule has 0 spiro atoms. The van der Waals surface area contributed by atoms with Crippen molar-refractivity contribution in [1.29, 1.82) is 5.26 Å². The van der Waals surface area contributed by atoms with Crippen LogP contribution in [0.1, 0.15) is 23.3 Å². The van der Waals surface area contributed by atoms with Crippen LogP contribution in [0.15, 0.2) is 77.2 Å². The number of carbonyl (C=O) groups excluding carboxylic acids is 1. The van der Waals surface area contributed by atoms with Crippen molar-refractivity contribution in [1.82, 2.24) is 0 Å². The molecule has 160 valence electrons. The Bertz CT molecular complexity index is 1200. The highest BCUT2D eigenvalue weighted by molar-refractivity contribution is 7.12. The molecule has 0 amide bonds. The van der Waals surface area contributed by atoms with E-state index in [9.17, 15) is 20.2 Å². The number of nitriles is 1. The highest BCUT2D eigenvalue weighted by Gasteiger charge is 2.60. The summed E-state index contributed by atoms with van der Waals surface area (Å²) in [4.78, 5) is 24.8. The normalized spacial score (nSPS) is 19.8. The number of esters is 1. The second kappa shape index (κ2) is 8.61. The number of nitro benzene ring substituents is 1. The minimum absolute atomic E-state index is 0.0895. The van der Waals surface area contributed by atoms with Crippen LogP contribution in [0.3, 0.4) is 0 Å². The van der Waals surface area contributed by atoms with Gasteiger partial charge >= 0.3 is 5.97 Å². The number of nitro groups is 1. The van der Waals surface area contributed by atoms with E-state index in [0.717, 1.165) is 10.4 Å². The Hall–Kier alpha value is -4.03. The Morgan fingerprint density at radius 1 is 1.22 bits per heavy atom. The van der Waals surface area contributed by atoms with Gasteiger partial charge in [0.1, 0.15) is 6.07 Å². The first kappa shape index (κ1) is 21.2. The molecule has 0 saturated carbocycles. The Kier molecular flexibility index (Phi) is 5.71. The standard InChI is InChI=1S/C23H18N4O4S/c1-2-31-22(28)23(15-24)20(16-7-4-3-5-8-16)21(19-9-6-14-32-19)25-26(23)17-10-12-18(13-11-17)27(29)30/h3-14,20H,2H2,1H3/t20-,23-/m1/s1. The van der Waals surface area contributed by atoms with Crippen molar-refractivity contribution in [3.8, 4) is 6.07 Å². The number of thiophene rings is 1. The molecule has 2 atom stereocenters. The largest absolute Gasteiger partial charge is 0.463 e. The van der Waals surface area contributed by atoms with Crippen molar-refractivity contribution in [2.45, 2.75) is 18.4 Å². The lowest BCUT2D eigenvalue weighted by atomic mass is 9.77. The minimum Gasteiger partial charge on any atom is -0.463 e. The molecular weight excluding hydrogens is 428 g/mol. The quantitative estimate of drug-likeness (QED) is 0.314. The van der Waals surface area contributed by atoms with Crippen LogP contribution >= 0.6 is 11.3 Å². The molecule has 0 fully saturated rings. The molecule has 2 heterocycles. The van der Waals surface area contributed by atoms with Gasteiger partial charge in [0.25, 0.3) is 11.2 Å². The molecule has 8 nitrogen and oxygen atoms in total. The molecule has 1 aliphatic heterocycles. The molecule has 1 aliphatic rings. The van der Waals surface area contributed by atoms with E-state index in [0.29, 0.717) is 11.4 Å². The van der Waals surface area contributed by atoms with Crippen molar-refractivity contribution >= 4 is 34.4 Å². The van der Waals surface area contributed by atoms with Crippen LogP contribution in [0, 0.1) is 21.4 Å². The highest BCUT2D eigenvalue weighted by Crippen LogP contribution is 2.46. The van der Waals surface area contributed by atoms with Crippen molar-refractivity contribution in [2.24, 2.45) is 5.10 Å². The molecule has 0 aliphatic carbocycles. The fourth-order valence-corrected chi connectivity index (χ4v) is 4.55. The summed E-state index contributed by atoms with van der Waals surface area (Å²) in [6, 6.07) is 20.8. The van der Waals surface area contributed by atoms with Gasteiger partial charge in [-0.05, 0) is 36.1 Å². The molecule has 0 radical (unpaired) electrons. The first-order valence-electron chi connectivity index (χ1n) is 9.83. The Morgan fingerprint density at radius 2 is 1.94 bits per heavy atom. The summed E-state index contributed by atoms with van der Waals surface area (Å²) in [6.45, 7) is 1.76. The van der Waals surface area contributed by atoms with Gasteiger partial charge < -0.3 is 4.74 Å². The van der Waals surface area contributed by atoms with Gasteiger partial charge in [-0.3, -0.25) is 10.1 Å². The Morgan fingerprint density at radius 3 is 2.50 bits per heavy atom. The summed E-state index contributed by atoms with van der Waals surface area (Å²) in [6.07, 6.45) is 0. The lowest BCUT2D eigenvalue weighted by Gasteiger charge is -2.33. The smallest absolute Gasteiger partial charge is 0.350 e. The monoisotopic (exact) mass is 446 g/mol. The van der Waals surface area contributed by atoms with Crippen molar-refractivity contribution < 1.29 is 14.5 Å². The first-order chi connectivity index (χ1) is 15.5. The van der Waals surface area contributed by atoms with Gasteiger partial charge in [-0.1, -0.05) is 36.4 Å². The topological polar surface area (TPSA) is 109 Å². The number of nitrogens with zero attached hydrogens (tertiary/aromatic N) is 4. The zero-order valence-electron chi connectivity index (χ0n) is 17.0. The SMILES string of the molecule is CCOC(=O)[C@@]1(C#N)[C@H](c2ccccc2)C(c2cccs2)=NN1c1ccc([N+](=O)[O-])cc1. The summed E-state index contributed by atoms with van der Waals surface area (Å²) in [7, 11) is 0. The predicted octanol–water partition coefficient (Wildman–Crippen LogP) is 4.49. The molecule has 4 rings (SSSR count). The maximum Gasteiger partial charge on any atom is 0.350 e. The number of anilines is 1. The van der Waals surface area contributed by atoms with Crippen molar-refractivity contribution in [3.05, 3.63) is 92.7 Å². The van der Waals surface area contributed by atoms with Crippen LogP contribution in [0.4, 0.5) is 11.4 Å². The zero-order chi connectivity index (χ0) is 22.7. The zero-order valence-corrected chi connectivity index (χ0v) is 17.9. The minimum atomic E-state index is -1.83. The van der Waals surface area contributed by atoms with Crippen LogP contribution in [0.5, 0.6) is 0 Å². The molecule has 0 N–H and O–H groups in total. The molecule has 9 heteroatoms. The number of ether oxygens (including phenoxy) is 1. The third-order valence-corrected chi connectivity index (χ3v) is 6.09. The van der Waals surface area contributed by atoms with Crippen LogP contribution in [0.2, 0.25) is 0 Å². The van der Waals surface area contributed by atoms with E-state index in [-0.39, 0.29) is 12.3 Å². The maximum atomic E-state index is 13.4. The number of benzene rings is 2. The van der Waals surface area contributed by atoms with Gasteiger partial charge in [0, 0.05) is 12.1 Å². The van der Waals surface area contributed by atoms with E-state index in [2.05, 4.69) is 6.07 Å². The van der Waals surface area contributed by atoms with Gasteiger partial charge in [0.15, 0.2) is 0 Å². The van der Waals surface area contributed by atoms with E-state index in [1.807, 2.05) is 47.8 Å². The lowest BCUT2D eigenvalue weighted by Crippen LogP contribution is -2.54. The van der Waals surface area contributed by atoms with Crippen LogP contribution in [0.25, 0.3) is 0 Å².